The number of H-pyrrole nitrogens is 1. The Bertz CT molecular complexity index is 2310. The second kappa shape index (κ2) is 13.0. The second-order valence-corrected chi connectivity index (χ2v) is 18.3. The molecule has 13 nitrogen and oxygen atoms in total. The number of aromatic nitrogens is 1. The number of carbonyl (C=O) groups is 3. The number of hydrogen-bond donors (Lipinski definition) is 2. The topological polar surface area (TPSA) is 146 Å². The molecule has 13 heteroatoms. The first kappa shape index (κ1) is 38.8. The Morgan fingerprint density at radius 3 is 2.49 bits per heavy atom. The van der Waals surface area contributed by atoms with Crippen molar-refractivity contribution in [2.75, 3.05) is 66.0 Å². The largest absolute Gasteiger partial charge is 0.496 e. The van der Waals surface area contributed by atoms with Gasteiger partial charge in [-0.3, -0.25) is 19.4 Å². The van der Waals surface area contributed by atoms with Crippen molar-refractivity contribution in [3.05, 3.63) is 70.9 Å². The maximum absolute atomic E-state index is 15.4. The Hall–Kier alpha value is -4.43. The standard InChI is InChI=1S/C46H56N4O9/c1-8-42-16-12-18-50-20-17-44(37(42)50)30-21-31(34(55-5)22-33(30)48(4)38(44)46(54,41(53)57-7)39(42)58-26(3)51)45(40(52)56-6)23-27-24-49(25-43(9-2)36(27)59-43)19-15-29-28-13-10-11-14-32(28)47-35(29)45/h10-14,16,21-22,27,36-39,47,54H,8-9,15,17-20,23-25H2,1-7H3/t27-,36-,37-,38+,39+,42+,43+,44+,45-,46-/m0/s1. The quantitative estimate of drug-likeness (QED) is 0.154. The van der Waals surface area contributed by atoms with E-state index in [1.165, 1.54) is 21.1 Å². The number of epoxide rings is 1. The van der Waals surface area contributed by atoms with Crippen molar-refractivity contribution in [3.8, 4) is 5.75 Å². The number of nitrogens with zero attached hydrogens (tertiary/aromatic N) is 3. The SMILES string of the molecule is CC[C@@]12CN3CCc4c([nH]c5ccccc45)[C@@](C(=O)OC)(c4cc5c(cc4OC)N(C)[C@H]4[C@@](O)(C(=O)OC)[C@H](OC(C)=O)[C@]6(CC)C=CCN7CC[C@]54[C@@H]76)C[C@@H](C3)[C@@H]1O2. The van der Waals surface area contributed by atoms with Crippen LogP contribution in [0.2, 0.25) is 0 Å². The highest BCUT2D eigenvalue weighted by Crippen LogP contribution is 2.68. The van der Waals surface area contributed by atoms with Crippen LogP contribution in [0.3, 0.4) is 0 Å². The predicted octanol–water partition coefficient (Wildman–Crippen LogP) is 4.01. The van der Waals surface area contributed by atoms with Crippen LogP contribution in [0.25, 0.3) is 10.9 Å². The number of methoxy groups -OCH3 is 3. The molecule has 10 rings (SSSR count). The Morgan fingerprint density at radius 1 is 1.00 bits per heavy atom. The van der Waals surface area contributed by atoms with Gasteiger partial charge in [-0.15, -0.1) is 0 Å². The highest BCUT2D eigenvalue weighted by atomic mass is 16.6. The summed E-state index contributed by atoms with van der Waals surface area (Å²) in [5, 5.41) is 14.4. The smallest absolute Gasteiger partial charge is 0.344 e. The summed E-state index contributed by atoms with van der Waals surface area (Å²) < 4.78 is 30.7. The van der Waals surface area contributed by atoms with E-state index in [1.54, 1.807) is 7.11 Å². The highest BCUT2D eigenvalue weighted by molar-refractivity contribution is 5.95. The minimum Gasteiger partial charge on any atom is -0.496 e. The number of esters is 3. The molecule has 3 aromatic rings. The number of hydrogen-bond acceptors (Lipinski definition) is 12. The fourth-order valence-corrected chi connectivity index (χ4v) is 13.9. The molecule has 0 amide bonds. The predicted molar refractivity (Wildman–Crippen MR) is 218 cm³/mol. The molecule has 1 aliphatic carbocycles. The van der Waals surface area contributed by atoms with Gasteiger partial charge in [0.2, 0.25) is 5.60 Å². The summed E-state index contributed by atoms with van der Waals surface area (Å²) in [7, 11) is 6.23. The molecule has 4 fully saturated rings. The van der Waals surface area contributed by atoms with Crippen molar-refractivity contribution in [1.29, 1.82) is 0 Å². The zero-order valence-corrected chi connectivity index (χ0v) is 35.1. The number of para-hydroxylation sites is 1. The Kier molecular flexibility index (Phi) is 8.56. The number of aromatic amines is 1. The minimum absolute atomic E-state index is 0.00603. The van der Waals surface area contributed by atoms with Gasteiger partial charge < -0.3 is 38.7 Å². The molecule has 1 aromatic heterocycles. The van der Waals surface area contributed by atoms with Crippen LogP contribution >= 0.6 is 0 Å². The zero-order chi connectivity index (χ0) is 41.4. The number of likely N-dealkylation sites (N-methyl/N-ethyl adjacent to an activating group) is 1. The molecule has 7 heterocycles. The van der Waals surface area contributed by atoms with E-state index < -0.39 is 51.9 Å². The van der Waals surface area contributed by atoms with Gasteiger partial charge in [-0.1, -0.05) is 44.2 Å². The molecule has 59 heavy (non-hydrogen) atoms. The van der Waals surface area contributed by atoms with Crippen LogP contribution in [0.1, 0.15) is 68.8 Å². The molecular weight excluding hydrogens is 753 g/mol. The summed E-state index contributed by atoms with van der Waals surface area (Å²) in [6, 6.07) is 11.2. The van der Waals surface area contributed by atoms with Crippen LogP contribution in [0.15, 0.2) is 48.6 Å². The number of fused-ring (bicyclic) bond motifs is 8. The molecule has 6 aliphatic heterocycles. The van der Waals surface area contributed by atoms with E-state index in [0.29, 0.717) is 50.1 Å². The fraction of sp³-hybridized carbons (Fsp3) is 0.587. The second-order valence-electron chi connectivity index (χ2n) is 18.3. The summed E-state index contributed by atoms with van der Waals surface area (Å²) in [4.78, 5) is 53.5. The Balaban J connectivity index is 1.28. The zero-order valence-electron chi connectivity index (χ0n) is 35.1. The molecule has 314 valence electrons. The summed E-state index contributed by atoms with van der Waals surface area (Å²) in [6.45, 7) is 9.32. The van der Waals surface area contributed by atoms with Crippen molar-refractivity contribution in [3.63, 3.8) is 0 Å². The van der Waals surface area contributed by atoms with Crippen LogP contribution in [0, 0.1) is 11.3 Å². The number of aliphatic hydroxyl groups is 1. The summed E-state index contributed by atoms with van der Waals surface area (Å²) >= 11 is 0. The van der Waals surface area contributed by atoms with Gasteiger partial charge in [0, 0.05) is 96.9 Å². The molecule has 3 saturated heterocycles. The lowest BCUT2D eigenvalue weighted by Crippen LogP contribution is -2.81. The van der Waals surface area contributed by atoms with Crippen molar-refractivity contribution < 1.29 is 43.2 Å². The van der Waals surface area contributed by atoms with Crippen molar-refractivity contribution in [1.82, 2.24) is 14.8 Å². The van der Waals surface area contributed by atoms with Crippen molar-refractivity contribution in [2.45, 2.75) is 99.2 Å². The maximum atomic E-state index is 15.4. The van der Waals surface area contributed by atoms with Gasteiger partial charge in [0.15, 0.2) is 6.10 Å². The number of benzene rings is 2. The van der Waals surface area contributed by atoms with Crippen molar-refractivity contribution in [2.24, 2.45) is 11.3 Å². The molecular formula is C46H56N4O9. The Labute approximate surface area is 344 Å². The van der Waals surface area contributed by atoms with Gasteiger partial charge in [-0.05, 0) is 61.9 Å². The van der Waals surface area contributed by atoms with E-state index in [0.717, 1.165) is 59.5 Å². The molecule has 1 spiro atoms. The molecule has 7 aliphatic rings. The third-order valence-corrected chi connectivity index (χ3v) is 16.0. The van der Waals surface area contributed by atoms with Gasteiger partial charge in [-0.25, -0.2) is 4.79 Å². The third kappa shape index (κ3) is 4.73. The number of nitrogens with one attached hydrogen (secondary N) is 1. The molecule has 11 atom stereocenters. The van der Waals surface area contributed by atoms with Gasteiger partial charge >= 0.3 is 17.9 Å². The van der Waals surface area contributed by atoms with E-state index >= 15 is 4.79 Å². The van der Waals surface area contributed by atoms with Gasteiger partial charge in [0.05, 0.1) is 33.5 Å². The first-order valence-electron chi connectivity index (χ1n) is 21.3. The lowest BCUT2D eigenvalue weighted by atomic mass is 9.47. The molecule has 2 bridgehead atoms. The molecule has 2 aromatic carbocycles. The summed E-state index contributed by atoms with van der Waals surface area (Å²) in [5.41, 5.74) is -0.627. The van der Waals surface area contributed by atoms with Crippen LogP contribution in [0.5, 0.6) is 5.75 Å². The first-order chi connectivity index (χ1) is 28.3. The van der Waals surface area contributed by atoms with E-state index in [-0.39, 0.29) is 23.7 Å². The normalized spacial score (nSPS) is 38.7. The molecule has 1 unspecified atom stereocenters. The number of anilines is 1. The van der Waals surface area contributed by atoms with E-state index in [4.69, 9.17) is 23.7 Å². The Morgan fingerprint density at radius 2 is 1.78 bits per heavy atom. The van der Waals surface area contributed by atoms with Gasteiger partial charge in [0.1, 0.15) is 16.8 Å². The van der Waals surface area contributed by atoms with Gasteiger partial charge in [0.25, 0.3) is 0 Å². The van der Waals surface area contributed by atoms with Crippen molar-refractivity contribution >= 4 is 34.5 Å². The lowest BCUT2D eigenvalue weighted by Gasteiger charge is -2.63. The number of rotatable bonds is 7. The van der Waals surface area contributed by atoms with Crippen LogP contribution in [0.4, 0.5) is 5.69 Å². The summed E-state index contributed by atoms with van der Waals surface area (Å²) in [6.07, 6.45) is 5.94. The summed E-state index contributed by atoms with van der Waals surface area (Å²) in [5.74, 6) is -1.37. The number of piperidine rings is 1. The van der Waals surface area contributed by atoms with E-state index in [2.05, 4.69) is 52.1 Å². The van der Waals surface area contributed by atoms with Crippen LogP contribution in [-0.4, -0.2) is 134 Å². The number of carbonyl (C=O) groups excluding carboxylic acids is 3. The van der Waals surface area contributed by atoms with Gasteiger partial charge in [-0.2, -0.15) is 0 Å². The highest BCUT2D eigenvalue weighted by Gasteiger charge is 2.80. The molecule has 0 radical (unpaired) electrons. The molecule has 2 N–H and O–H groups in total. The van der Waals surface area contributed by atoms with Crippen LogP contribution < -0.4 is 9.64 Å². The average Bonchev–Trinajstić information content (AvgIpc) is 3.53. The van der Waals surface area contributed by atoms with Crippen LogP contribution in [-0.2, 0) is 50.6 Å². The third-order valence-electron chi connectivity index (χ3n) is 16.0. The first-order valence-corrected chi connectivity index (χ1v) is 21.3. The lowest BCUT2D eigenvalue weighted by molar-refractivity contribution is -0.228. The fourth-order valence-electron chi connectivity index (χ4n) is 13.9. The minimum atomic E-state index is -2.29. The number of ether oxygens (including phenoxy) is 5. The van der Waals surface area contributed by atoms with E-state index in [9.17, 15) is 14.7 Å². The molecule has 1 saturated carbocycles. The van der Waals surface area contributed by atoms with E-state index in [1.807, 2.05) is 37.1 Å². The maximum Gasteiger partial charge on any atom is 0.344 e. The average molecular weight is 809 g/mol. The monoisotopic (exact) mass is 808 g/mol.